The molecule has 0 spiro atoms. The Hall–Kier alpha value is -1.47. The van der Waals surface area contributed by atoms with Gasteiger partial charge in [-0.3, -0.25) is 14.9 Å². The van der Waals surface area contributed by atoms with Crippen molar-refractivity contribution in [2.24, 2.45) is 0 Å². The number of nitrogens with one attached hydrogen (secondary N) is 2. The lowest BCUT2D eigenvalue weighted by molar-refractivity contribution is -0.384. The predicted molar refractivity (Wildman–Crippen MR) is 70.5 cm³/mol. The Morgan fingerprint density at radius 1 is 1.56 bits per heavy atom. The predicted octanol–water partition coefficient (Wildman–Crippen LogP) is 2.05. The third-order valence-electron chi connectivity index (χ3n) is 2.79. The van der Waals surface area contributed by atoms with E-state index in [1.54, 1.807) is 6.07 Å². The molecule has 1 saturated heterocycles. The van der Waals surface area contributed by atoms with Crippen LogP contribution in [-0.4, -0.2) is 23.4 Å². The van der Waals surface area contributed by atoms with Gasteiger partial charge in [0, 0.05) is 10.5 Å². The van der Waals surface area contributed by atoms with Crippen molar-refractivity contribution in [3.8, 4) is 0 Å². The summed E-state index contributed by atoms with van der Waals surface area (Å²) in [6.45, 7) is 0.806. The normalized spacial score (nSPS) is 18.6. The quantitative estimate of drug-likeness (QED) is 0.660. The molecule has 6 nitrogen and oxygen atoms in total. The summed E-state index contributed by atoms with van der Waals surface area (Å²) in [7, 11) is 0. The average molecular weight is 314 g/mol. The number of halogens is 1. The Labute approximate surface area is 112 Å². The van der Waals surface area contributed by atoms with Crippen LogP contribution in [-0.2, 0) is 4.79 Å². The summed E-state index contributed by atoms with van der Waals surface area (Å²) in [4.78, 5) is 22.2. The van der Waals surface area contributed by atoms with E-state index in [0.29, 0.717) is 4.47 Å². The summed E-state index contributed by atoms with van der Waals surface area (Å²) in [5.74, 6) is -0.224. The lowest BCUT2D eigenvalue weighted by Crippen LogP contribution is -2.35. The second kappa shape index (κ2) is 5.45. The van der Waals surface area contributed by atoms with E-state index in [1.165, 1.54) is 12.1 Å². The molecule has 1 heterocycles. The minimum Gasteiger partial charge on any atom is -0.319 e. The molecule has 96 valence electrons. The van der Waals surface area contributed by atoms with Crippen molar-refractivity contribution in [3.63, 3.8) is 0 Å². The Balaban J connectivity index is 2.17. The first kappa shape index (κ1) is 13.0. The fourth-order valence-corrected chi connectivity index (χ4v) is 2.24. The van der Waals surface area contributed by atoms with Crippen LogP contribution >= 0.6 is 15.9 Å². The van der Waals surface area contributed by atoms with Crippen LogP contribution in [0.25, 0.3) is 0 Å². The molecule has 7 heteroatoms. The van der Waals surface area contributed by atoms with Crippen molar-refractivity contribution < 1.29 is 9.72 Å². The zero-order chi connectivity index (χ0) is 13.1. The second-order valence-electron chi connectivity index (χ2n) is 4.06. The van der Waals surface area contributed by atoms with Crippen molar-refractivity contribution in [2.75, 3.05) is 11.9 Å². The van der Waals surface area contributed by atoms with Crippen LogP contribution in [0.2, 0.25) is 0 Å². The molecule has 1 aliphatic rings. The molecule has 1 unspecified atom stereocenters. The molecular formula is C11H12BrN3O3. The lowest BCUT2D eigenvalue weighted by Gasteiger charge is -2.11. The molecule has 0 radical (unpaired) electrons. The van der Waals surface area contributed by atoms with Gasteiger partial charge in [0.1, 0.15) is 5.69 Å². The van der Waals surface area contributed by atoms with Crippen LogP contribution in [0.1, 0.15) is 12.8 Å². The summed E-state index contributed by atoms with van der Waals surface area (Å²) >= 11 is 3.17. The van der Waals surface area contributed by atoms with Gasteiger partial charge in [0.15, 0.2) is 0 Å². The Kier molecular flexibility index (Phi) is 3.93. The molecule has 2 rings (SSSR count). The Bertz CT molecular complexity index is 486. The van der Waals surface area contributed by atoms with Crippen molar-refractivity contribution in [1.82, 2.24) is 5.32 Å². The number of nitro benzene ring substituents is 1. The molecule has 2 N–H and O–H groups in total. The molecule has 1 aromatic rings. The summed E-state index contributed by atoms with van der Waals surface area (Å²) < 4.78 is 0.603. The molecule has 1 aliphatic heterocycles. The third-order valence-corrected chi connectivity index (χ3v) is 3.28. The van der Waals surface area contributed by atoms with Gasteiger partial charge >= 0.3 is 0 Å². The van der Waals surface area contributed by atoms with Crippen molar-refractivity contribution in [1.29, 1.82) is 0 Å². The second-order valence-corrected chi connectivity index (χ2v) is 4.97. The summed E-state index contributed by atoms with van der Waals surface area (Å²) in [5.41, 5.74) is 0.109. The number of carbonyl (C=O) groups is 1. The van der Waals surface area contributed by atoms with E-state index in [2.05, 4.69) is 26.6 Å². The van der Waals surface area contributed by atoms with Gasteiger partial charge in [-0.2, -0.15) is 0 Å². The lowest BCUT2D eigenvalue weighted by atomic mass is 10.2. The minimum atomic E-state index is -0.511. The first-order valence-corrected chi connectivity index (χ1v) is 6.35. The molecular weight excluding hydrogens is 302 g/mol. The summed E-state index contributed by atoms with van der Waals surface area (Å²) in [6, 6.07) is 4.30. The Morgan fingerprint density at radius 3 is 2.94 bits per heavy atom. The number of benzene rings is 1. The molecule has 0 saturated carbocycles. The molecule has 1 atom stereocenters. The Morgan fingerprint density at radius 2 is 2.33 bits per heavy atom. The van der Waals surface area contributed by atoms with E-state index >= 15 is 0 Å². The number of rotatable bonds is 3. The van der Waals surface area contributed by atoms with Crippen LogP contribution in [0.15, 0.2) is 22.7 Å². The van der Waals surface area contributed by atoms with Gasteiger partial charge in [0.05, 0.1) is 11.0 Å². The van der Waals surface area contributed by atoms with Crippen LogP contribution in [0.3, 0.4) is 0 Å². The number of amides is 1. The van der Waals surface area contributed by atoms with Gasteiger partial charge in [0.2, 0.25) is 5.91 Å². The average Bonchev–Trinajstić information content (AvgIpc) is 2.84. The summed E-state index contributed by atoms with van der Waals surface area (Å²) in [5, 5.41) is 16.5. The van der Waals surface area contributed by atoms with Crippen LogP contribution in [0, 0.1) is 10.1 Å². The van der Waals surface area contributed by atoms with Crippen molar-refractivity contribution >= 4 is 33.2 Å². The highest BCUT2D eigenvalue weighted by molar-refractivity contribution is 9.10. The zero-order valence-corrected chi connectivity index (χ0v) is 11.1. The maximum absolute atomic E-state index is 11.9. The fraction of sp³-hybridized carbons (Fsp3) is 0.364. The zero-order valence-electron chi connectivity index (χ0n) is 9.48. The van der Waals surface area contributed by atoms with E-state index in [4.69, 9.17) is 0 Å². The van der Waals surface area contributed by atoms with Gasteiger partial charge < -0.3 is 10.6 Å². The molecule has 0 aromatic heterocycles. The first-order valence-electron chi connectivity index (χ1n) is 5.56. The third kappa shape index (κ3) is 2.85. The van der Waals surface area contributed by atoms with E-state index in [9.17, 15) is 14.9 Å². The molecule has 1 fully saturated rings. The smallest absolute Gasteiger partial charge is 0.293 e. The molecule has 1 amide bonds. The SMILES string of the molecule is O=C(Nc1ccc(Br)cc1[N+](=O)[O-])C1CCCN1. The van der Waals surface area contributed by atoms with Crippen LogP contribution in [0.4, 0.5) is 11.4 Å². The monoisotopic (exact) mass is 313 g/mol. The van der Waals surface area contributed by atoms with Crippen molar-refractivity contribution in [3.05, 3.63) is 32.8 Å². The number of carbonyl (C=O) groups excluding carboxylic acids is 1. The number of anilines is 1. The molecule has 0 aliphatic carbocycles. The largest absolute Gasteiger partial charge is 0.319 e. The number of nitro groups is 1. The van der Waals surface area contributed by atoms with Gasteiger partial charge in [-0.1, -0.05) is 15.9 Å². The standard InChI is InChI=1S/C11H12BrN3O3/c12-7-3-4-8(10(6-7)15(17)18)14-11(16)9-2-1-5-13-9/h3-4,6,9,13H,1-2,5H2,(H,14,16). The van der Waals surface area contributed by atoms with Gasteiger partial charge in [-0.05, 0) is 31.5 Å². The van der Waals surface area contributed by atoms with Crippen molar-refractivity contribution in [2.45, 2.75) is 18.9 Å². The topological polar surface area (TPSA) is 84.3 Å². The molecule has 1 aromatic carbocycles. The number of hydrogen-bond donors (Lipinski definition) is 2. The molecule has 18 heavy (non-hydrogen) atoms. The van der Waals surface area contributed by atoms with Crippen LogP contribution in [0.5, 0.6) is 0 Å². The van der Waals surface area contributed by atoms with E-state index < -0.39 is 4.92 Å². The van der Waals surface area contributed by atoms with E-state index in [-0.39, 0.29) is 23.3 Å². The minimum absolute atomic E-state index is 0.115. The maximum Gasteiger partial charge on any atom is 0.293 e. The number of hydrogen-bond acceptors (Lipinski definition) is 4. The van der Waals surface area contributed by atoms with Gasteiger partial charge in [-0.15, -0.1) is 0 Å². The van der Waals surface area contributed by atoms with Gasteiger partial charge in [0.25, 0.3) is 5.69 Å². The highest BCUT2D eigenvalue weighted by Gasteiger charge is 2.24. The number of nitrogens with zero attached hydrogens (tertiary/aromatic N) is 1. The first-order chi connectivity index (χ1) is 8.58. The fourth-order valence-electron chi connectivity index (χ4n) is 1.89. The van der Waals surface area contributed by atoms with Crippen LogP contribution < -0.4 is 10.6 Å². The van der Waals surface area contributed by atoms with Gasteiger partial charge in [-0.25, -0.2) is 0 Å². The highest BCUT2D eigenvalue weighted by atomic mass is 79.9. The highest BCUT2D eigenvalue weighted by Crippen LogP contribution is 2.28. The molecule has 0 bridgehead atoms. The van der Waals surface area contributed by atoms with E-state index in [1.807, 2.05) is 0 Å². The summed E-state index contributed by atoms with van der Waals surface area (Å²) in [6.07, 6.45) is 1.71. The van der Waals surface area contributed by atoms with E-state index in [0.717, 1.165) is 19.4 Å². The maximum atomic E-state index is 11.9.